The molecule has 0 spiro atoms. The van der Waals surface area contributed by atoms with Gasteiger partial charge in [-0.3, -0.25) is 4.99 Å². The molecule has 128 valence electrons. The monoisotopic (exact) mass is 431 g/mol. The van der Waals surface area contributed by atoms with Crippen LogP contribution in [0.5, 0.6) is 11.5 Å². The molecule has 1 aromatic rings. The van der Waals surface area contributed by atoms with E-state index in [-0.39, 0.29) is 24.0 Å². The zero-order chi connectivity index (χ0) is 15.2. The molecule has 2 aliphatic rings. The summed E-state index contributed by atoms with van der Waals surface area (Å²) in [5.74, 6) is 2.56. The summed E-state index contributed by atoms with van der Waals surface area (Å²) in [5, 5.41) is 6.87. The Kier molecular flexibility index (Phi) is 7.26. The summed E-state index contributed by atoms with van der Waals surface area (Å²) < 4.78 is 11.4. The lowest BCUT2D eigenvalue weighted by atomic mass is 10.2. The minimum absolute atomic E-state index is 0. The highest BCUT2D eigenvalue weighted by atomic mass is 127. The normalized spacial score (nSPS) is 18.0. The van der Waals surface area contributed by atoms with E-state index in [4.69, 9.17) is 9.47 Å². The molecule has 6 heteroatoms. The molecule has 1 aliphatic carbocycles. The number of hydrogen-bond acceptors (Lipinski definition) is 3. The molecule has 5 nitrogen and oxygen atoms in total. The molecule has 1 aromatic carbocycles. The second kappa shape index (κ2) is 9.20. The van der Waals surface area contributed by atoms with Gasteiger partial charge in [0.2, 0.25) is 0 Å². The fraction of sp³-hybridized carbons (Fsp3) is 0.588. The molecule has 1 aliphatic heterocycles. The summed E-state index contributed by atoms with van der Waals surface area (Å²) in [5.41, 5.74) is 1.17. The molecule has 1 fully saturated rings. The number of rotatable bonds is 3. The van der Waals surface area contributed by atoms with E-state index in [1.807, 2.05) is 13.1 Å². The largest absolute Gasteiger partial charge is 0.490 e. The Labute approximate surface area is 155 Å². The van der Waals surface area contributed by atoms with E-state index < -0.39 is 0 Å². The summed E-state index contributed by atoms with van der Waals surface area (Å²) in [6.07, 6.45) is 6.04. The number of aliphatic imine (C=N–C) groups is 1. The Morgan fingerprint density at radius 1 is 1.13 bits per heavy atom. The van der Waals surface area contributed by atoms with Gasteiger partial charge in [-0.25, -0.2) is 0 Å². The second-order valence-electron chi connectivity index (χ2n) is 5.88. The van der Waals surface area contributed by atoms with Crippen molar-refractivity contribution in [3.05, 3.63) is 23.8 Å². The van der Waals surface area contributed by atoms with Gasteiger partial charge in [-0.15, -0.1) is 24.0 Å². The van der Waals surface area contributed by atoms with Crippen molar-refractivity contribution in [1.82, 2.24) is 10.6 Å². The maximum atomic E-state index is 5.73. The summed E-state index contributed by atoms with van der Waals surface area (Å²) in [4.78, 5) is 4.31. The highest BCUT2D eigenvalue weighted by molar-refractivity contribution is 14.0. The zero-order valence-electron chi connectivity index (χ0n) is 13.6. The number of halogens is 1. The third-order valence-corrected chi connectivity index (χ3v) is 4.19. The molecule has 0 aromatic heterocycles. The van der Waals surface area contributed by atoms with Crippen molar-refractivity contribution < 1.29 is 9.47 Å². The molecule has 0 radical (unpaired) electrons. The maximum absolute atomic E-state index is 5.73. The fourth-order valence-electron chi connectivity index (χ4n) is 2.96. The van der Waals surface area contributed by atoms with E-state index in [2.05, 4.69) is 27.8 Å². The van der Waals surface area contributed by atoms with E-state index in [1.165, 1.54) is 31.2 Å². The van der Waals surface area contributed by atoms with Gasteiger partial charge in [0.05, 0.1) is 13.2 Å². The molecule has 3 rings (SSSR count). The minimum atomic E-state index is 0. The van der Waals surface area contributed by atoms with Crippen molar-refractivity contribution in [3.8, 4) is 11.5 Å². The van der Waals surface area contributed by atoms with Crippen LogP contribution in [0.3, 0.4) is 0 Å². The van der Waals surface area contributed by atoms with Crippen molar-refractivity contribution in [3.63, 3.8) is 0 Å². The Morgan fingerprint density at radius 3 is 2.61 bits per heavy atom. The number of benzene rings is 1. The number of ether oxygens (including phenoxy) is 2. The lowest BCUT2D eigenvalue weighted by Gasteiger charge is -2.17. The van der Waals surface area contributed by atoms with Crippen molar-refractivity contribution in [2.75, 3.05) is 20.3 Å². The molecule has 2 N–H and O–H groups in total. The number of hydrogen-bond donors (Lipinski definition) is 2. The first-order valence-corrected chi connectivity index (χ1v) is 8.21. The van der Waals surface area contributed by atoms with Crippen molar-refractivity contribution in [2.24, 2.45) is 4.99 Å². The van der Waals surface area contributed by atoms with Crippen LogP contribution in [0, 0.1) is 0 Å². The maximum Gasteiger partial charge on any atom is 0.191 e. The fourth-order valence-corrected chi connectivity index (χ4v) is 2.96. The van der Waals surface area contributed by atoms with Gasteiger partial charge in [-0.1, -0.05) is 18.9 Å². The highest BCUT2D eigenvalue weighted by Crippen LogP contribution is 2.30. The van der Waals surface area contributed by atoms with Gasteiger partial charge in [-0.2, -0.15) is 0 Å². The van der Waals surface area contributed by atoms with E-state index in [9.17, 15) is 0 Å². The number of guanidine groups is 1. The predicted octanol–water partition coefficient (Wildman–Crippen LogP) is 3.07. The molecule has 23 heavy (non-hydrogen) atoms. The first-order chi connectivity index (χ1) is 10.8. The van der Waals surface area contributed by atoms with E-state index >= 15 is 0 Å². The molecule has 1 saturated carbocycles. The Bertz CT molecular complexity index is 531. The highest BCUT2D eigenvalue weighted by Gasteiger charge is 2.16. The summed E-state index contributed by atoms with van der Waals surface area (Å²) in [7, 11) is 1.82. The topological polar surface area (TPSA) is 54.9 Å². The van der Waals surface area contributed by atoms with Gasteiger partial charge < -0.3 is 20.1 Å². The SMILES string of the molecule is CN=C(NCc1ccc2c(c1)OCCCO2)NC1CCCC1.I. The summed E-state index contributed by atoms with van der Waals surface area (Å²) in [6.45, 7) is 2.17. The predicted molar refractivity (Wildman–Crippen MR) is 103 cm³/mol. The molecule has 0 bridgehead atoms. The quantitative estimate of drug-likeness (QED) is 0.439. The Balaban J connectivity index is 0.00000192. The minimum Gasteiger partial charge on any atom is -0.490 e. The lowest BCUT2D eigenvalue weighted by Crippen LogP contribution is -2.41. The van der Waals surface area contributed by atoms with Crippen LogP contribution in [0.1, 0.15) is 37.7 Å². The van der Waals surface area contributed by atoms with Crippen molar-refractivity contribution >= 4 is 29.9 Å². The molecular weight excluding hydrogens is 405 g/mol. The van der Waals surface area contributed by atoms with Crippen LogP contribution >= 0.6 is 24.0 Å². The van der Waals surface area contributed by atoms with Crippen LogP contribution in [0.4, 0.5) is 0 Å². The van der Waals surface area contributed by atoms with Gasteiger partial charge in [-0.05, 0) is 30.5 Å². The number of nitrogens with zero attached hydrogens (tertiary/aromatic N) is 1. The first kappa shape index (κ1) is 18.2. The van der Waals surface area contributed by atoms with Crippen molar-refractivity contribution in [1.29, 1.82) is 0 Å². The third kappa shape index (κ3) is 5.16. The average Bonchev–Trinajstić information content (AvgIpc) is 2.94. The van der Waals surface area contributed by atoms with Gasteiger partial charge in [0.15, 0.2) is 17.5 Å². The van der Waals surface area contributed by atoms with Gasteiger partial charge in [0.1, 0.15) is 0 Å². The van der Waals surface area contributed by atoms with Crippen LogP contribution in [-0.4, -0.2) is 32.3 Å². The molecule has 1 heterocycles. The van der Waals surface area contributed by atoms with E-state index in [0.29, 0.717) is 6.04 Å². The van der Waals surface area contributed by atoms with Crippen LogP contribution in [0.25, 0.3) is 0 Å². The zero-order valence-corrected chi connectivity index (χ0v) is 16.0. The first-order valence-electron chi connectivity index (χ1n) is 8.21. The molecule has 0 amide bonds. The van der Waals surface area contributed by atoms with E-state index in [1.54, 1.807) is 0 Å². The van der Waals surface area contributed by atoms with Gasteiger partial charge in [0.25, 0.3) is 0 Å². The van der Waals surface area contributed by atoms with Crippen LogP contribution in [0.2, 0.25) is 0 Å². The molecule has 0 atom stereocenters. The second-order valence-corrected chi connectivity index (χ2v) is 5.88. The Morgan fingerprint density at radius 2 is 1.87 bits per heavy atom. The summed E-state index contributed by atoms with van der Waals surface area (Å²) >= 11 is 0. The van der Waals surface area contributed by atoms with Gasteiger partial charge in [0, 0.05) is 26.1 Å². The van der Waals surface area contributed by atoms with Crippen LogP contribution in [0.15, 0.2) is 23.2 Å². The number of nitrogens with one attached hydrogen (secondary N) is 2. The van der Waals surface area contributed by atoms with Crippen molar-refractivity contribution in [2.45, 2.75) is 44.7 Å². The lowest BCUT2D eigenvalue weighted by molar-refractivity contribution is 0.297. The molecule has 0 unspecified atom stereocenters. The van der Waals surface area contributed by atoms with E-state index in [0.717, 1.165) is 43.6 Å². The van der Waals surface area contributed by atoms with Gasteiger partial charge >= 0.3 is 0 Å². The third-order valence-electron chi connectivity index (χ3n) is 4.19. The Hall–Kier alpha value is -1.18. The molecular formula is C17H26IN3O2. The van der Waals surface area contributed by atoms with Crippen LogP contribution in [-0.2, 0) is 6.54 Å². The number of fused-ring (bicyclic) bond motifs is 1. The standard InChI is InChI=1S/C17H25N3O2.HI/c1-18-17(20-14-5-2-3-6-14)19-12-13-7-8-15-16(11-13)22-10-4-9-21-15;/h7-8,11,14H,2-6,9-10,12H2,1H3,(H2,18,19,20);1H. The average molecular weight is 431 g/mol. The summed E-state index contributed by atoms with van der Waals surface area (Å²) in [6, 6.07) is 6.68. The smallest absolute Gasteiger partial charge is 0.191 e. The van der Waals surface area contributed by atoms with Crippen LogP contribution < -0.4 is 20.1 Å². The molecule has 0 saturated heterocycles.